The summed E-state index contributed by atoms with van der Waals surface area (Å²) >= 11 is 0. The van der Waals surface area contributed by atoms with E-state index in [1.54, 1.807) is 0 Å². The number of rotatable bonds is 9. The largest absolute Gasteiger partial charge is 0.481 e. The lowest BCUT2D eigenvalue weighted by atomic mass is 9.91. The third-order valence-corrected chi connectivity index (χ3v) is 6.40. The van der Waals surface area contributed by atoms with E-state index in [2.05, 4.69) is 34.9 Å². The Hall–Kier alpha value is -3.35. The molecule has 2 amide bonds. The van der Waals surface area contributed by atoms with Crippen LogP contribution in [0, 0.1) is 5.92 Å². The van der Waals surface area contributed by atoms with E-state index in [9.17, 15) is 14.4 Å². The van der Waals surface area contributed by atoms with E-state index in [-0.39, 0.29) is 43.7 Å². The number of ether oxygens (including phenoxy) is 1. The lowest BCUT2D eigenvalue weighted by Crippen LogP contribution is -2.51. The highest BCUT2D eigenvalue weighted by Gasteiger charge is 2.44. The minimum absolute atomic E-state index is 0.0281. The summed E-state index contributed by atoms with van der Waals surface area (Å²) < 4.78 is 5.65. The summed E-state index contributed by atoms with van der Waals surface area (Å²) in [6, 6.07) is 16.3. The lowest BCUT2D eigenvalue weighted by Gasteiger charge is -2.30. The van der Waals surface area contributed by atoms with Crippen LogP contribution in [-0.2, 0) is 14.3 Å². The highest BCUT2D eigenvalue weighted by atomic mass is 16.5. The average molecular weight is 437 g/mol. The van der Waals surface area contributed by atoms with Gasteiger partial charge in [0, 0.05) is 18.9 Å². The van der Waals surface area contributed by atoms with Crippen molar-refractivity contribution in [3.8, 4) is 11.1 Å². The van der Waals surface area contributed by atoms with Gasteiger partial charge in [0.2, 0.25) is 5.91 Å². The van der Waals surface area contributed by atoms with E-state index in [4.69, 9.17) is 9.84 Å². The van der Waals surface area contributed by atoms with Crippen LogP contribution in [0.25, 0.3) is 11.1 Å². The first-order valence-electron chi connectivity index (χ1n) is 11.0. The fourth-order valence-electron chi connectivity index (χ4n) is 4.58. The van der Waals surface area contributed by atoms with Crippen LogP contribution < -0.4 is 10.6 Å². The summed E-state index contributed by atoms with van der Waals surface area (Å²) in [6.07, 6.45) is 1.28. The zero-order valence-corrected chi connectivity index (χ0v) is 18.1. The Morgan fingerprint density at radius 2 is 1.62 bits per heavy atom. The summed E-state index contributed by atoms with van der Waals surface area (Å²) in [5.41, 5.74) is 3.89. The Morgan fingerprint density at radius 3 is 2.19 bits per heavy atom. The maximum atomic E-state index is 12.7. The number of hydrogen-bond donors (Lipinski definition) is 3. The molecule has 3 N–H and O–H groups in total. The molecule has 1 atom stereocenters. The Kier molecular flexibility index (Phi) is 6.17. The number of nitrogens with one attached hydrogen (secondary N) is 2. The number of hydrogen-bond acceptors (Lipinski definition) is 4. The maximum Gasteiger partial charge on any atom is 0.407 e. The van der Waals surface area contributed by atoms with Gasteiger partial charge >= 0.3 is 12.1 Å². The first kappa shape index (κ1) is 21.9. The highest BCUT2D eigenvalue weighted by molar-refractivity contribution is 5.80. The van der Waals surface area contributed by atoms with Crippen molar-refractivity contribution in [1.29, 1.82) is 0 Å². The third-order valence-electron chi connectivity index (χ3n) is 6.40. The van der Waals surface area contributed by atoms with Gasteiger partial charge in [-0.15, -0.1) is 0 Å². The summed E-state index contributed by atoms with van der Waals surface area (Å²) in [5, 5.41) is 14.3. The Bertz CT molecular complexity index is 987. The van der Waals surface area contributed by atoms with Crippen LogP contribution >= 0.6 is 0 Å². The Morgan fingerprint density at radius 1 is 1.03 bits per heavy atom. The van der Waals surface area contributed by atoms with E-state index >= 15 is 0 Å². The molecular weight excluding hydrogens is 408 g/mol. The van der Waals surface area contributed by atoms with Crippen molar-refractivity contribution in [2.24, 2.45) is 5.92 Å². The van der Waals surface area contributed by atoms with Crippen LogP contribution in [0.15, 0.2) is 48.5 Å². The molecule has 0 aromatic heterocycles. The average Bonchev–Trinajstić information content (AvgIpc) is 3.56. The topological polar surface area (TPSA) is 105 Å². The summed E-state index contributed by atoms with van der Waals surface area (Å²) in [7, 11) is 0. The van der Waals surface area contributed by atoms with E-state index < -0.39 is 17.6 Å². The molecule has 2 aliphatic carbocycles. The minimum Gasteiger partial charge on any atom is -0.481 e. The molecular formula is C25H28N2O5. The molecule has 0 bridgehead atoms. The maximum absolute atomic E-state index is 12.7. The highest BCUT2D eigenvalue weighted by Crippen LogP contribution is 2.45. The van der Waals surface area contributed by atoms with Gasteiger partial charge in [0.15, 0.2) is 0 Å². The second-order valence-electron chi connectivity index (χ2n) is 8.81. The van der Waals surface area contributed by atoms with E-state index in [0.717, 1.165) is 35.1 Å². The van der Waals surface area contributed by atoms with Gasteiger partial charge in [-0.05, 0) is 47.9 Å². The first-order chi connectivity index (χ1) is 15.4. The molecule has 4 rings (SSSR count). The Balaban J connectivity index is 1.37. The number of amides is 2. The molecule has 7 nitrogen and oxygen atoms in total. The van der Waals surface area contributed by atoms with Crippen molar-refractivity contribution >= 4 is 18.0 Å². The molecule has 7 heteroatoms. The summed E-state index contributed by atoms with van der Waals surface area (Å²) in [6.45, 7) is 2.13. The number of fused-ring (bicyclic) bond motifs is 3. The van der Waals surface area contributed by atoms with E-state index in [0.29, 0.717) is 0 Å². The zero-order valence-electron chi connectivity index (χ0n) is 18.1. The fraction of sp³-hybridized carbons (Fsp3) is 0.400. The van der Waals surface area contributed by atoms with E-state index in [1.807, 2.05) is 31.2 Å². The van der Waals surface area contributed by atoms with Crippen LogP contribution in [0.2, 0.25) is 0 Å². The standard InChI is InChI=1S/C25H28N2O5/c1-25(16-10-11-16,14-22(28)26-13-12-23(29)30)27-24(31)32-15-21-19-8-4-2-6-17(19)18-7-3-5-9-20(18)21/h2-9,16,21H,10-15H2,1H3,(H,26,28)(H,27,31)(H,29,30). The first-order valence-corrected chi connectivity index (χ1v) is 11.0. The molecule has 168 valence electrons. The van der Waals surface area contributed by atoms with Crippen LogP contribution in [0.1, 0.15) is 49.7 Å². The van der Waals surface area contributed by atoms with Gasteiger partial charge in [-0.1, -0.05) is 48.5 Å². The quantitative estimate of drug-likeness (QED) is 0.556. The molecule has 1 fully saturated rings. The second-order valence-corrected chi connectivity index (χ2v) is 8.81. The molecule has 1 unspecified atom stereocenters. The summed E-state index contributed by atoms with van der Waals surface area (Å²) in [4.78, 5) is 35.7. The number of aliphatic carboxylic acids is 1. The van der Waals surface area contributed by atoms with Crippen molar-refractivity contribution in [3.05, 3.63) is 59.7 Å². The van der Waals surface area contributed by atoms with Crippen molar-refractivity contribution in [1.82, 2.24) is 10.6 Å². The van der Waals surface area contributed by atoms with Crippen molar-refractivity contribution in [3.63, 3.8) is 0 Å². The molecule has 0 aliphatic heterocycles. The molecule has 2 aliphatic rings. The molecule has 0 saturated heterocycles. The minimum atomic E-state index is -0.966. The van der Waals surface area contributed by atoms with Crippen molar-refractivity contribution in [2.75, 3.05) is 13.2 Å². The predicted molar refractivity (Wildman–Crippen MR) is 119 cm³/mol. The molecule has 1 saturated carbocycles. The lowest BCUT2D eigenvalue weighted by molar-refractivity contribution is -0.136. The van der Waals surface area contributed by atoms with E-state index in [1.165, 1.54) is 0 Å². The van der Waals surface area contributed by atoms with Gasteiger partial charge < -0.3 is 20.5 Å². The molecule has 2 aromatic carbocycles. The predicted octanol–water partition coefficient (Wildman–Crippen LogP) is 3.67. The van der Waals surface area contributed by atoms with Gasteiger partial charge in [-0.25, -0.2) is 4.79 Å². The normalized spacial score (nSPS) is 16.4. The van der Waals surface area contributed by atoms with Gasteiger partial charge in [-0.2, -0.15) is 0 Å². The summed E-state index contributed by atoms with van der Waals surface area (Å²) in [5.74, 6) is -1.07. The number of benzene rings is 2. The number of carboxylic acids is 1. The van der Waals surface area contributed by atoms with Crippen molar-refractivity contribution in [2.45, 2.75) is 44.1 Å². The Labute approximate surface area is 187 Å². The molecule has 2 aromatic rings. The van der Waals surface area contributed by atoms with Gasteiger partial charge in [0.05, 0.1) is 12.0 Å². The van der Waals surface area contributed by atoms with Crippen molar-refractivity contribution < 1.29 is 24.2 Å². The van der Waals surface area contributed by atoms with Gasteiger partial charge in [-0.3, -0.25) is 9.59 Å². The molecule has 32 heavy (non-hydrogen) atoms. The smallest absolute Gasteiger partial charge is 0.407 e. The second kappa shape index (κ2) is 9.02. The van der Waals surface area contributed by atoms with Gasteiger partial charge in [0.25, 0.3) is 0 Å². The molecule has 0 spiro atoms. The monoisotopic (exact) mass is 436 g/mol. The van der Waals surface area contributed by atoms with Crippen LogP contribution in [0.5, 0.6) is 0 Å². The third kappa shape index (κ3) is 4.77. The number of carboxylic acid groups (broad SMARTS) is 1. The number of carbonyl (C=O) groups is 3. The number of carbonyl (C=O) groups excluding carboxylic acids is 2. The van der Waals surface area contributed by atoms with Gasteiger partial charge in [0.1, 0.15) is 6.61 Å². The zero-order chi connectivity index (χ0) is 22.7. The van der Waals surface area contributed by atoms with Crippen LogP contribution in [0.3, 0.4) is 0 Å². The van der Waals surface area contributed by atoms with Crippen LogP contribution in [0.4, 0.5) is 4.79 Å². The molecule has 0 radical (unpaired) electrons. The number of alkyl carbamates (subject to hydrolysis) is 1. The fourth-order valence-corrected chi connectivity index (χ4v) is 4.58. The molecule has 0 heterocycles. The SMILES string of the molecule is CC(CC(=O)NCCC(=O)O)(NC(=O)OCC1c2ccccc2-c2ccccc21)C1CC1. The van der Waals surface area contributed by atoms with Crippen LogP contribution in [-0.4, -0.2) is 41.8 Å².